The lowest BCUT2D eigenvalue weighted by Crippen LogP contribution is -2.27. The molecule has 0 fully saturated rings. The van der Waals surface area contributed by atoms with Gasteiger partial charge in [0, 0.05) is 39.8 Å². The highest BCUT2D eigenvalue weighted by atomic mass is 32.1. The van der Waals surface area contributed by atoms with Crippen molar-refractivity contribution in [3.63, 3.8) is 0 Å². The number of hydrogen-bond acceptors (Lipinski definition) is 4. The van der Waals surface area contributed by atoms with Crippen molar-refractivity contribution in [1.82, 2.24) is 4.98 Å². The average molecular weight is 346 g/mol. The molecule has 124 valence electrons. The van der Waals surface area contributed by atoms with E-state index >= 15 is 0 Å². The summed E-state index contributed by atoms with van der Waals surface area (Å²) in [6.07, 6.45) is 4.37. The molecule has 0 unspecified atom stereocenters. The number of fused-ring (bicyclic) bond motifs is 3. The Hall–Kier alpha value is -2.46. The number of rotatable bonds is 1. The summed E-state index contributed by atoms with van der Waals surface area (Å²) < 4.78 is 0. The molecule has 0 spiro atoms. The van der Waals surface area contributed by atoms with Crippen LogP contribution in [0.2, 0.25) is 0 Å². The number of pyridine rings is 1. The van der Waals surface area contributed by atoms with E-state index in [4.69, 9.17) is 0 Å². The number of thiophene rings is 1. The maximum absolute atomic E-state index is 12.9. The second-order valence-electron chi connectivity index (χ2n) is 6.79. The Morgan fingerprint density at radius 2 is 2.12 bits per heavy atom. The first-order chi connectivity index (χ1) is 12.2. The Kier molecular flexibility index (Phi) is 3.28. The number of benzene rings is 1. The molecular formula is C21H18N2OS. The van der Waals surface area contributed by atoms with Crippen molar-refractivity contribution >= 4 is 33.7 Å². The van der Waals surface area contributed by atoms with Crippen molar-refractivity contribution in [3.05, 3.63) is 69.2 Å². The zero-order valence-corrected chi connectivity index (χ0v) is 14.8. The first-order valence-electron chi connectivity index (χ1n) is 8.69. The maximum atomic E-state index is 12.9. The number of hydrogen-bond donors (Lipinski definition) is 1. The lowest BCUT2D eigenvalue weighted by atomic mass is 9.76. The molecule has 1 aromatic carbocycles. The number of carbonyl (C=O) groups is 1. The Balaban J connectivity index is 1.86. The molecule has 0 saturated carbocycles. The van der Waals surface area contributed by atoms with Crippen LogP contribution in [0.5, 0.6) is 0 Å². The van der Waals surface area contributed by atoms with Crippen molar-refractivity contribution in [2.75, 3.05) is 5.32 Å². The smallest absolute Gasteiger partial charge is 0.161 e. The molecule has 0 saturated heterocycles. The topological polar surface area (TPSA) is 42.0 Å². The van der Waals surface area contributed by atoms with E-state index in [9.17, 15) is 4.79 Å². The second-order valence-corrected chi connectivity index (χ2v) is 7.74. The predicted molar refractivity (Wildman–Crippen MR) is 102 cm³/mol. The van der Waals surface area contributed by atoms with Gasteiger partial charge in [-0.25, -0.2) is 0 Å². The molecule has 3 heterocycles. The summed E-state index contributed by atoms with van der Waals surface area (Å²) in [5.41, 5.74) is 6.64. The van der Waals surface area contributed by atoms with Crippen LogP contribution in [0.25, 0.3) is 10.9 Å². The van der Waals surface area contributed by atoms with Gasteiger partial charge in [0.15, 0.2) is 5.78 Å². The summed E-state index contributed by atoms with van der Waals surface area (Å²) in [5.74, 6) is 0.310. The highest BCUT2D eigenvalue weighted by Crippen LogP contribution is 2.49. The Bertz CT molecular complexity index is 1050. The molecule has 25 heavy (non-hydrogen) atoms. The minimum atomic E-state index is 0.0203. The summed E-state index contributed by atoms with van der Waals surface area (Å²) >= 11 is 1.75. The zero-order chi connectivity index (χ0) is 17.0. The molecule has 0 bridgehead atoms. The molecule has 3 nitrogen and oxygen atoms in total. The highest BCUT2D eigenvalue weighted by Gasteiger charge is 2.37. The fraction of sp³-hybridized carbons (Fsp3) is 0.238. The van der Waals surface area contributed by atoms with Gasteiger partial charge in [0.05, 0.1) is 11.4 Å². The Labute approximate surface area is 150 Å². The molecule has 0 amide bonds. The van der Waals surface area contributed by atoms with E-state index in [1.807, 2.05) is 12.3 Å². The first kappa shape index (κ1) is 14.8. The van der Waals surface area contributed by atoms with Gasteiger partial charge in [0.25, 0.3) is 0 Å². The molecule has 3 aromatic rings. The quantitative estimate of drug-likeness (QED) is 0.661. The number of nitrogens with one attached hydrogen (secondary N) is 1. The molecule has 1 aliphatic heterocycles. The largest absolute Gasteiger partial charge is 0.358 e. The van der Waals surface area contributed by atoms with E-state index in [1.54, 1.807) is 11.3 Å². The van der Waals surface area contributed by atoms with E-state index in [1.165, 1.54) is 16.0 Å². The van der Waals surface area contributed by atoms with Crippen LogP contribution in [-0.2, 0) is 4.79 Å². The number of Topliss-reactive ketones (excluding diaryl/α,β-unsaturated/α-hetero) is 1. The van der Waals surface area contributed by atoms with Gasteiger partial charge in [-0.2, -0.15) is 0 Å². The van der Waals surface area contributed by atoms with Crippen molar-refractivity contribution in [3.8, 4) is 0 Å². The number of allylic oxidation sites excluding steroid dienone is 2. The van der Waals surface area contributed by atoms with Gasteiger partial charge in [-0.1, -0.05) is 6.07 Å². The van der Waals surface area contributed by atoms with Gasteiger partial charge in [-0.15, -0.1) is 11.3 Å². The highest BCUT2D eigenvalue weighted by molar-refractivity contribution is 7.10. The number of nitrogens with zero attached hydrogens (tertiary/aromatic N) is 1. The fourth-order valence-electron chi connectivity index (χ4n) is 4.17. The normalized spacial score (nSPS) is 19.6. The second kappa shape index (κ2) is 5.53. The maximum Gasteiger partial charge on any atom is 0.161 e. The van der Waals surface area contributed by atoms with Crippen molar-refractivity contribution in [2.24, 2.45) is 0 Å². The third-order valence-electron chi connectivity index (χ3n) is 5.31. The Morgan fingerprint density at radius 1 is 1.20 bits per heavy atom. The average Bonchev–Trinajstić information content (AvgIpc) is 3.05. The van der Waals surface area contributed by atoms with Crippen molar-refractivity contribution < 1.29 is 4.79 Å². The number of aryl methyl sites for hydroxylation is 1. The minimum Gasteiger partial charge on any atom is -0.358 e. The van der Waals surface area contributed by atoms with E-state index in [0.717, 1.165) is 40.7 Å². The molecule has 2 aliphatic rings. The van der Waals surface area contributed by atoms with Crippen LogP contribution in [0.3, 0.4) is 0 Å². The van der Waals surface area contributed by atoms with E-state index < -0.39 is 0 Å². The predicted octanol–water partition coefficient (Wildman–Crippen LogP) is 5.17. The first-order valence-corrected chi connectivity index (χ1v) is 9.57. The van der Waals surface area contributed by atoms with Crippen molar-refractivity contribution in [2.45, 2.75) is 32.1 Å². The van der Waals surface area contributed by atoms with Gasteiger partial charge >= 0.3 is 0 Å². The van der Waals surface area contributed by atoms with Crippen LogP contribution < -0.4 is 5.32 Å². The zero-order valence-electron chi connectivity index (χ0n) is 14.0. The van der Waals surface area contributed by atoms with Crippen LogP contribution in [0.15, 0.2) is 53.2 Å². The van der Waals surface area contributed by atoms with Crippen LogP contribution in [-0.4, -0.2) is 10.8 Å². The standard InChI is InChI=1S/C21H18N2OS/c1-12-9-11-25-21(12)20-18-13-4-3-10-22-14(13)7-8-16(18)23-15-5-2-6-17(24)19(15)20/h3-4,7-11,20,23H,2,5-6H2,1H3/t20-/m0/s1. The summed E-state index contributed by atoms with van der Waals surface area (Å²) in [4.78, 5) is 18.7. The van der Waals surface area contributed by atoms with Gasteiger partial charge in [0.2, 0.25) is 0 Å². The summed E-state index contributed by atoms with van der Waals surface area (Å²) in [7, 11) is 0. The molecule has 2 aromatic heterocycles. The van der Waals surface area contributed by atoms with Crippen LogP contribution in [0, 0.1) is 6.92 Å². The summed E-state index contributed by atoms with van der Waals surface area (Å²) in [6.45, 7) is 2.14. The van der Waals surface area contributed by atoms with E-state index in [-0.39, 0.29) is 11.7 Å². The fourth-order valence-corrected chi connectivity index (χ4v) is 5.22. The Morgan fingerprint density at radius 3 is 2.96 bits per heavy atom. The van der Waals surface area contributed by atoms with Crippen LogP contribution in [0.1, 0.15) is 41.2 Å². The molecule has 1 atom stereocenters. The molecule has 0 radical (unpaired) electrons. The molecule has 5 rings (SSSR count). The van der Waals surface area contributed by atoms with Gasteiger partial charge < -0.3 is 5.32 Å². The van der Waals surface area contributed by atoms with Gasteiger partial charge in [-0.3, -0.25) is 9.78 Å². The van der Waals surface area contributed by atoms with Crippen LogP contribution in [0.4, 0.5) is 5.69 Å². The number of carbonyl (C=O) groups excluding carboxylic acids is 1. The summed E-state index contributed by atoms with van der Waals surface area (Å²) in [5, 5.41) is 6.83. The van der Waals surface area contributed by atoms with E-state index in [0.29, 0.717) is 6.42 Å². The number of ketones is 1. The minimum absolute atomic E-state index is 0.0203. The molecule has 1 aliphatic carbocycles. The number of anilines is 1. The van der Waals surface area contributed by atoms with Gasteiger partial charge in [-0.05, 0) is 60.5 Å². The van der Waals surface area contributed by atoms with Crippen molar-refractivity contribution in [1.29, 1.82) is 0 Å². The SMILES string of the molecule is Cc1ccsc1[C@@H]1C2=C(CCCC2=O)Nc2ccc3ncccc3c21. The third kappa shape index (κ3) is 2.17. The molecule has 4 heteroatoms. The summed E-state index contributed by atoms with van der Waals surface area (Å²) in [6, 6.07) is 10.4. The molecule has 1 N–H and O–H groups in total. The number of aromatic nitrogens is 1. The molecular weight excluding hydrogens is 328 g/mol. The lowest BCUT2D eigenvalue weighted by Gasteiger charge is -2.34. The third-order valence-corrected chi connectivity index (χ3v) is 6.39. The lowest BCUT2D eigenvalue weighted by molar-refractivity contribution is -0.116. The van der Waals surface area contributed by atoms with E-state index in [2.05, 4.69) is 46.9 Å². The van der Waals surface area contributed by atoms with Gasteiger partial charge in [0.1, 0.15) is 0 Å². The van der Waals surface area contributed by atoms with Crippen LogP contribution >= 0.6 is 11.3 Å². The monoisotopic (exact) mass is 346 g/mol.